The molecule has 3 amide bonds. The molecule has 1 heterocycles. The second-order valence-corrected chi connectivity index (χ2v) is 8.13. The van der Waals surface area contributed by atoms with Crippen LogP contribution in [-0.2, 0) is 9.59 Å². The van der Waals surface area contributed by atoms with Crippen LogP contribution in [0, 0.1) is 0 Å². The van der Waals surface area contributed by atoms with E-state index in [9.17, 15) is 14.4 Å². The molecule has 1 N–H and O–H groups in total. The number of hydrogen-bond acceptors (Lipinski definition) is 7. The first-order valence-electron chi connectivity index (χ1n) is 10.1. The normalized spacial score (nSPS) is 14.5. The molecule has 3 rings (SSSR count). The van der Waals surface area contributed by atoms with Gasteiger partial charge in [-0.05, 0) is 62.0 Å². The number of halogens is 1. The molecule has 0 radical (unpaired) electrons. The van der Waals surface area contributed by atoms with Gasteiger partial charge in [-0.2, -0.15) is 0 Å². The number of thioether (sulfide) groups is 1. The van der Waals surface area contributed by atoms with Crippen molar-refractivity contribution in [3.63, 3.8) is 0 Å². The maximum Gasteiger partial charge on any atom is 0.294 e. The maximum atomic E-state index is 12.8. The molecule has 1 aliphatic heterocycles. The van der Waals surface area contributed by atoms with E-state index in [-0.39, 0.29) is 4.91 Å². The largest absolute Gasteiger partial charge is 0.495 e. The fraction of sp³-hybridized carbons (Fsp3) is 0.261. The highest BCUT2D eigenvalue weighted by molar-refractivity contribution is 8.18. The van der Waals surface area contributed by atoms with Crippen molar-refractivity contribution in [1.82, 2.24) is 4.90 Å². The number of hydrogen-bond donors (Lipinski definition) is 1. The molecule has 0 unspecified atom stereocenters. The van der Waals surface area contributed by atoms with Gasteiger partial charge in [0.05, 0.1) is 30.3 Å². The number of carbonyl (C=O) groups is 3. The van der Waals surface area contributed by atoms with E-state index in [1.165, 1.54) is 13.2 Å². The van der Waals surface area contributed by atoms with Crippen molar-refractivity contribution in [2.75, 3.05) is 32.2 Å². The molecule has 0 bridgehead atoms. The van der Waals surface area contributed by atoms with Crippen LogP contribution in [0.1, 0.15) is 19.4 Å². The Morgan fingerprint density at radius 1 is 1.09 bits per heavy atom. The van der Waals surface area contributed by atoms with Gasteiger partial charge in [-0.3, -0.25) is 19.3 Å². The minimum Gasteiger partial charge on any atom is -0.495 e. The molecule has 33 heavy (non-hydrogen) atoms. The van der Waals surface area contributed by atoms with Gasteiger partial charge in [-0.1, -0.05) is 11.6 Å². The summed E-state index contributed by atoms with van der Waals surface area (Å²) in [5.74, 6) is 0.553. The Hall–Kier alpha value is -3.17. The first-order chi connectivity index (χ1) is 15.9. The van der Waals surface area contributed by atoms with E-state index in [1.807, 2.05) is 13.8 Å². The van der Waals surface area contributed by atoms with Gasteiger partial charge in [-0.25, -0.2) is 0 Å². The quantitative estimate of drug-likeness (QED) is 0.503. The molecule has 0 saturated carbocycles. The highest BCUT2D eigenvalue weighted by Gasteiger charge is 2.36. The van der Waals surface area contributed by atoms with Gasteiger partial charge >= 0.3 is 0 Å². The molecule has 0 aromatic heterocycles. The molecule has 1 fully saturated rings. The van der Waals surface area contributed by atoms with Gasteiger partial charge in [0.1, 0.15) is 23.8 Å². The third-order valence-corrected chi connectivity index (χ3v) is 5.70. The number of nitrogens with one attached hydrogen (secondary N) is 1. The van der Waals surface area contributed by atoms with Gasteiger partial charge in [-0.15, -0.1) is 0 Å². The second kappa shape index (κ2) is 11.1. The minimum absolute atomic E-state index is 0.199. The van der Waals surface area contributed by atoms with E-state index in [1.54, 1.807) is 36.4 Å². The molecule has 10 heteroatoms. The molecule has 2 aromatic rings. The van der Waals surface area contributed by atoms with E-state index in [0.717, 1.165) is 16.7 Å². The minimum atomic E-state index is -0.552. The smallest absolute Gasteiger partial charge is 0.294 e. The molecule has 0 spiro atoms. The SMILES string of the molecule is CCOc1ccc(/C=C2/SC(=O)N(CC(=O)Nc3ccc(OC)c(Cl)c3)C2=O)c(OCC)c1. The standard InChI is InChI=1S/C23H23ClN2O6S/c1-4-31-16-8-6-14(19(12-16)32-5-2)10-20-22(28)26(23(29)33-20)13-21(27)25-15-7-9-18(30-3)17(24)11-15/h6-12H,4-5,13H2,1-3H3,(H,25,27)/b20-10+. The van der Waals surface area contributed by atoms with E-state index in [2.05, 4.69) is 5.32 Å². The number of amides is 3. The molecule has 2 aromatic carbocycles. The lowest BCUT2D eigenvalue weighted by Gasteiger charge is -2.13. The summed E-state index contributed by atoms with van der Waals surface area (Å²) < 4.78 is 16.2. The van der Waals surface area contributed by atoms with E-state index < -0.39 is 23.6 Å². The van der Waals surface area contributed by atoms with Crippen molar-refractivity contribution in [2.45, 2.75) is 13.8 Å². The number of anilines is 1. The summed E-state index contributed by atoms with van der Waals surface area (Å²) in [6.45, 7) is 4.23. The van der Waals surface area contributed by atoms with Crippen LogP contribution in [0.3, 0.4) is 0 Å². The maximum absolute atomic E-state index is 12.8. The summed E-state index contributed by atoms with van der Waals surface area (Å²) in [6.07, 6.45) is 1.58. The van der Waals surface area contributed by atoms with E-state index in [4.69, 9.17) is 25.8 Å². The zero-order valence-electron chi connectivity index (χ0n) is 18.3. The molecule has 0 aliphatic carbocycles. The fourth-order valence-electron chi connectivity index (χ4n) is 3.04. The summed E-state index contributed by atoms with van der Waals surface area (Å²) in [6, 6.07) is 9.98. The van der Waals surface area contributed by atoms with Crippen LogP contribution in [0.5, 0.6) is 17.2 Å². The van der Waals surface area contributed by atoms with Gasteiger partial charge in [0.2, 0.25) is 5.91 Å². The lowest BCUT2D eigenvalue weighted by molar-refractivity contribution is -0.127. The zero-order valence-corrected chi connectivity index (χ0v) is 19.9. The van der Waals surface area contributed by atoms with Crippen molar-refractivity contribution in [3.8, 4) is 17.2 Å². The Morgan fingerprint density at radius 3 is 2.52 bits per heavy atom. The zero-order chi connectivity index (χ0) is 24.0. The van der Waals surface area contributed by atoms with E-state index >= 15 is 0 Å². The summed E-state index contributed by atoms with van der Waals surface area (Å²) in [7, 11) is 1.48. The Balaban J connectivity index is 1.73. The summed E-state index contributed by atoms with van der Waals surface area (Å²) in [4.78, 5) is 38.8. The first-order valence-corrected chi connectivity index (χ1v) is 11.3. The molecular formula is C23H23ClN2O6S. The highest BCUT2D eigenvalue weighted by atomic mass is 35.5. The van der Waals surface area contributed by atoms with Crippen LogP contribution in [0.4, 0.5) is 10.5 Å². The van der Waals surface area contributed by atoms with Crippen molar-refractivity contribution in [2.24, 2.45) is 0 Å². The number of nitrogens with zero attached hydrogens (tertiary/aromatic N) is 1. The average molecular weight is 491 g/mol. The summed E-state index contributed by atoms with van der Waals surface area (Å²) >= 11 is 6.83. The predicted molar refractivity (Wildman–Crippen MR) is 128 cm³/mol. The Labute approximate surface area is 200 Å². The van der Waals surface area contributed by atoms with Gasteiger partial charge in [0.15, 0.2) is 0 Å². The van der Waals surface area contributed by atoms with Crippen LogP contribution >= 0.6 is 23.4 Å². The fourth-order valence-corrected chi connectivity index (χ4v) is 4.12. The van der Waals surface area contributed by atoms with Crippen LogP contribution in [-0.4, -0.2) is 48.8 Å². The molecule has 8 nitrogen and oxygen atoms in total. The van der Waals surface area contributed by atoms with Crippen molar-refractivity contribution in [1.29, 1.82) is 0 Å². The molecule has 1 saturated heterocycles. The number of benzene rings is 2. The molecule has 1 aliphatic rings. The average Bonchev–Trinajstić information content (AvgIpc) is 3.03. The van der Waals surface area contributed by atoms with Crippen molar-refractivity contribution < 1.29 is 28.6 Å². The van der Waals surface area contributed by atoms with Crippen molar-refractivity contribution >= 4 is 52.2 Å². The third-order valence-electron chi connectivity index (χ3n) is 4.49. The summed E-state index contributed by atoms with van der Waals surface area (Å²) in [5.41, 5.74) is 1.05. The number of ether oxygens (including phenoxy) is 3. The Morgan fingerprint density at radius 2 is 1.85 bits per heavy atom. The van der Waals surface area contributed by atoms with Crippen LogP contribution in [0.2, 0.25) is 5.02 Å². The van der Waals surface area contributed by atoms with Gasteiger partial charge in [0, 0.05) is 17.3 Å². The topological polar surface area (TPSA) is 94.2 Å². The third kappa shape index (κ3) is 6.00. The number of methoxy groups -OCH3 is 1. The Kier molecular flexibility index (Phi) is 8.24. The predicted octanol–water partition coefficient (Wildman–Crippen LogP) is 4.82. The number of carbonyl (C=O) groups excluding carboxylic acids is 3. The van der Waals surface area contributed by atoms with E-state index in [0.29, 0.717) is 46.7 Å². The van der Waals surface area contributed by atoms with Gasteiger partial charge in [0.25, 0.3) is 11.1 Å². The monoisotopic (exact) mass is 490 g/mol. The lowest BCUT2D eigenvalue weighted by atomic mass is 10.1. The second-order valence-electron chi connectivity index (χ2n) is 6.73. The Bertz CT molecular complexity index is 1100. The summed E-state index contributed by atoms with van der Waals surface area (Å²) in [5, 5.41) is 2.42. The molecule has 174 valence electrons. The van der Waals surface area contributed by atoms with Crippen LogP contribution in [0.15, 0.2) is 41.3 Å². The molecular weight excluding hydrogens is 468 g/mol. The molecule has 0 atom stereocenters. The highest BCUT2D eigenvalue weighted by Crippen LogP contribution is 2.35. The van der Waals surface area contributed by atoms with Gasteiger partial charge < -0.3 is 19.5 Å². The number of rotatable bonds is 9. The first kappa shape index (κ1) is 24.5. The number of imide groups is 1. The van der Waals surface area contributed by atoms with Crippen LogP contribution in [0.25, 0.3) is 6.08 Å². The van der Waals surface area contributed by atoms with Crippen molar-refractivity contribution in [3.05, 3.63) is 51.9 Å². The lowest BCUT2D eigenvalue weighted by Crippen LogP contribution is -2.36. The van der Waals surface area contributed by atoms with Crippen LogP contribution < -0.4 is 19.5 Å².